The molecule has 3 nitrogen and oxygen atoms in total. The lowest BCUT2D eigenvalue weighted by Crippen LogP contribution is -1.81. The zero-order valence-corrected chi connectivity index (χ0v) is 7.45. The van der Waals surface area contributed by atoms with Crippen LogP contribution in [0.25, 0.3) is 21.3 Å². The molecule has 3 heterocycles. The molecule has 0 aliphatic carbocycles. The lowest BCUT2D eigenvalue weighted by molar-refractivity contribution is 1.29. The predicted molar refractivity (Wildman–Crippen MR) is 52.7 cm³/mol. The zero-order chi connectivity index (χ0) is 8.67. The summed E-state index contributed by atoms with van der Waals surface area (Å²) in [6.45, 7) is 0. The number of thiazole rings is 1. The van der Waals surface area contributed by atoms with E-state index in [-0.39, 0.29) is 0 Å². The average Bonchev–Trinajstić information content (AvgIpc) is 2.65. The van der Waals surface area contributed by atoms with Gasteiger partial charge in [0.15, 0.2) is 5.65 Å². The van der Waals surface area contributed by atoms with Gasteiger partial charge in [0.1, 0.15) is 5.52 Å². The first-order valence-corrected chi connectivity index (χ1v) is 4.76. The van der Waals surface area contributed by atoms with Crippen LogP contribution in [0.3, 0.4) is 0 Å². The Morgan fingerprint density at radius 2 is 2.15 bits per heavy atom. The molecule has 0 aliphatic rings. The molecule has 0 bridgehead atoms. The highest BCUT2D eigenvalue weighted by atomic mass is 32.1. The van der Waals surface area contributed by atoms with Crippen LogP contribution < -0.4 is 0 Å². The second kappa shape index (κ2) is 2.47. The number of rotatable bonds is 0. The van der Waals surface area contributed by atoms with Crippen molar-refractivity contribution in [2.45, 2.75) is 0 Å². The highest BCUT2D eigenvalue weighted by Crippen LogP contribution is 2.24. The fourth-order valence-corrected chi connectivity index (χ4v) is 2.13. The second-order valence-electron chi connectivity index (χ2n) is 2.70. The van der Waals surface area contributed by atoms with Crippen molar-refractivity contribution in [1.29, 1.82) is 0 Å². The van der Waals surface area contributed by atoms with Crippen LogP contribution in [-0.4, -0.2) is 15.0 Å². The Morgan fingerprint density at radius 3 is 3.15 bits per heavy atom. The van der Waals surface area contributed by atoms with Crippen molar-refractivity contribution in [3.8, 4) is 0 Å². The fourth-order valence-electron chi connectivity index (χ4n) is 1.35. The summed E-state index contributed by atoms with van der Waals surface area (Å²) in [5.41, 5.74) is 3.57. The van der Waals surface area contributed by atoms with Crippen LogP contribution in [0.2, 0.25) is 0 Å². The minimum Gasteiger partial charge on any atom is -0.243 e. The van der Waals surface area contributed by atoms with E-state index in [9.17, 15) is 0 Å². The van der Waals surface area contributed by atoms with Gasteiger partial charge in [-0.05, 0) is 12.1 Å². The van der Waals surface area contributed by atoms with Gasteiger partial charge in [-0.2, -0.15) is 0 Å². The standard InChI is InChI=1S/C9H5N3S/c1-2-6-8-7(12-5-13-8)4-11-9(6)10-3-1/h1-5H. The largest absolute Gasteiger partial charge is 0.243 e. The van der Waals surface area contributed by atoms with Crippen molar-refractivity contribution in [3.63, 3.8) is 0 Å². The average molecular weight is 187 g/mol. The molecule has 0 saturated heterocycles. The molecule has 4 heteroatoms. The Morgan fingerprint density at radius 1 is 1.15 bits per heavy atom. The molecule has 0 amide bonds. The molecule has 0 spiro atoms. The number of hydrogen-bond donors (Lipinski definition) is 0. The monoisotopic (exact) mass is 187 g/mol. The number of aromatic nitrogens is 3. The third kappa shape index (κ3) is 0.922. The minimum atomic E-state index is 0.791. The first-order chi connectivity index (χ1) is 6.45. The molecule has 0 radical (unpaired) electrons. The molecule has 0 aromatic carbocycles. The molecule has 0 aliphatic heterocycles. The summed E-state index contributed by atoms with van der Waals surface area (Å²) in [6.07, 6.45) is 3.52. The van der Waals surface area contributed by atoms with E-state index in [0.29, 0.717) is 0 Å². The maximum absolute atomic E-state index is 4.21. The van der Waals surface area contributed by atoms with Gasteiger partial charge in [-0.25, -0.2) is 15.0 Å². The molecule has 62 valence electrons. The van der Waals surface area contributed by atoms with E-state index in [1.54, 1.807) is 23.7 Å². The van der Waals surface area contributed by atoms with E-state index in [4.69, 9.17) is 0 Å². The van der Waals surface area contributed by atoms with Crippen molar-refractivity contribution in [1.82, 2.24) is 15.0 Å². The zero-order valence-electron chi connectivity index (χ0n) is 6.64. The van der Waals surface area contributed by atoms with E-state index in [1.807, 2.05) is 17.6 Å². The third-order valence-corrected chi connectivity index (χ3v) is 2.81. The number of pyridine rings is 2. The van der Waals surface area contributed by atoms with Crippen molar-refractivity contribution in [2.24, 2.45) is 0 Å². The molecule has 13 heavy (non-hydrogen) atoms. The second-order valence-corrected chi connectivity index (χ2v) is 3.55. The van der Waals surface area contributed by atoms with E-state index in [2.05, 4.69) is 15.0 Å². The van der Waals surface area contributed by atoms with Gasteiger partial charge in [0, 0.05) is 11.6 Å². The topological polar surface area (TPSA) is 38.7 Å². The summed E-state index contributed by atoms with van der Waals surface area (Å²) in [4.78, 5) is 12.6. The van der Waals surface area contributed by atoms with Crippen LogP contribution in [0.1, 0.15) is 0 Å². The van der Waals surface area contributed by atoms with Gasteiger partial charge in [0.25, 0.3) is 0 Å². The maximum Gasteiger partial charge on any atom is 0.160 e. The van der Waals surface area contributed by atoms with Crippen LogP contribution in [0, 0.1) is 0 Å². The van der Waals surface area contributed by atoms with Gasteiger partial charge >= 0.3 is 0 Å². The van der Waals surface area contributed by atoms with Crippen molar-refractivity contribution in [2.75, 3.05) is 0 Å². The molecular formula is C9H5N3S. The summed E-state index contributed by atoms with van der Waals surface area (Å²) < 4.78 is 1.16. The van der Waals surface area contributed by atoms with Crippen LogP contribution in [0.4, 0.5) is 0 Å². The van der Waals surface area contributed by atoms with Gasteiger partial charge in [0.05, 0.1) is 16.4 Å². The van der Waals surface area contributed by atoms with Crippen LogP contribution in [-0.2, 0) is 0 Å². The highest BCUT2D eigenvalue weighted by molar-refractivity contribution is 7.17. The SMILES string of the molecule is c1cnc2ncc3ncsc3c2c1. The van der Waals surface area contributed by atoms with Crippen molar-refractivity contribution < 1.29 is 0 Å². The maximum atomic E-state index is 4.21. The van der Waals surface area contributed by atoms with Crippen LogP contribution >= 0.6 is 11.3 Å². The van der Waals surface area contributed by atoms with Gasteiger partial charge < -0.3 is 0 Å². The summed E-state index contributed by atoms with van der Waals surface area (Å²) in [7, 11) is 0. The third-order valence-electron chi connectivity index (χ3n) is 1.94. The smallest absolute Gasteiger partial charge is 0.160 e. The molecule has 0 unspecified atom stereocenters. The lowest BCUT2D eigenvalue weighted by Gasteiger charge is -1.94. The molecule has 0 N–H and O–H groups in total. The minimum absolute atomic E-state index is 0.791. The van der Waals surface area contributed by atoms with Crippen LogP contribution in [0.5, 0.6) is 0 Å². The lowest BCUT2D eigenvalue weighted by atomic mass is 10.3. The Hall–Kier alpha value is -1.55. The Bertz CT molecular complexity index is 573. The molecule has 0 atom stereocenters. The Kier molecular flexibility index (Phi) is 1.31. The Balaban J connectivity index is 2.65. The number of fused-ring (bicyclic) bond motifs is 3. The first-order valence-electron chi connectivity index (χ1n) is 3.88. The van der Waals surface area contributed by atoms with E-state index in [1.165, 1.54) is 0 Å². The molecule has 0 fully saturated rings. The summed E-state index contributed by atoms with van der Waals surface area (Å²) in [5.74, 6) is 0. The van der Waals surface area contributed by atoms with Gasteiger partial charge in [-0.15, -0.1) is 11.3 Å². The van der Waals surface area contributed by atoms with Crippen LogP contribution in [0.15, 0.2) is 30.0 Å². The molecule has 3 rings (SSSR count). The van der Waals surface area contributed by atoms with Crippen molar-refractivity contribution in [3.05, 3.63) is 30.0 Å². The molecule has 0 saturated carbocycles. The summed E-state index contributed by atoms with van der Waals surface area (Å²) in [6, 6.07) is 3.94. The molecule has 3 aromatic heterocycles. The predicted octanol–water partition coefficient (Wildman–Crippen LogP) is 2.24. The highest BCUT2D eigenvalue weighted by Gasteiger charge is 2.02. The molecular weight excluding hydrogens is 182 g/mol. The van der Waals surface area contributed by atoms with Crippen molar-refractivity contribution >= 4 is 32.6 Å². The molecule has 3 aromatic rings. The normalized spacial score (nSPS) is 11.1. The fraction of sp³-hybridized carbons (Fsp3) is 0. The number of nitrogens with zero attached hydrogens (tertiary/aromatic N) is 3. The summed E-state index contributed by atoms with van der Waals surface area (Å²) in [5, 5.41) is 1.09. The first kappa shape index (κ1) is 6.91. The summed E-state index contributed by atoms with van der Waals surface area (Å²) >= 11 is 1.63. The Labute approximate surface area is 78.1 Å². The van der Waals surface area contributed by atoms with Gasteiger partial charge in [-0.1, -0.05) is 0 Å². The van der Waals surface area contributed by atoms with Gasteiger partial charge in [-0.3, -0.25) is 0 Å². The van der Waals surface area contributed by atoms with E-state index < -0.39 is 0 Å². The van der Waals surface area contributed by atoms with Gasteiger partial charge in [0.2, 0.25) is 0 Å². The quantitative estimate of drug-likeness (QED) is 0.541. The number of hydrogen-bond acceptors (Lipinski definition) is 4. The van der Waals surface area contributed by atoms with E-state index >= 15 is 0 Å². The van der Waals surface area contributed by atoms with E-state index in [0.717, 1.165) is 21.3 Å².